The summed E-state index contributed by atoms with van der Waals surface area (Å²) in [5.74, 6) is 0.322. The van der Waals surface area contributed by atoms with Gasteiger partial charge < -0.3 is 4.98 Å². The highest BCUT2D eigenvalue weighted by atomic mass is 14.7. The fourth-order valence-corrected chi connectivity index (χ4v) is 4.82. The minimum Gasteiger partial charge on any atom is -0.354 e. The molecule has 0 fully saturated rings. The van der Waals surface area contributed by atoms with Crippen LogP contribution >= 0.6 is 0 Å². The quantitative estimate of drug-likeness (QED) is 0.500. The molecule has 2 aliphatic carbocycles. The molecular formula is C25H23N. The summed E-state index contributed by atoms with van der Waals surface area (Å²) in [7, 11) is 0. The zero-order valence-electron chi connectivity index (χ0n) is 15.8. The van der Waals surface area contributed by atoms with Crippen LogP contribution in [0, 0.1) is 6.92 Å². The van der Waals surface area contributed by atoms with E-state index in [4.69, 9.17) is 0 Å². The van der Waals surface area contributed by atoms with Crippen LogP contribution in [0.25, 0.3) is 28.1 Å². The molecule has 3 aromatic rings. The molecule has 1 unspecified atom stereocenters. The molecule has 0 aliphatic heterocycles. The van der Waals surface area contributed by atoms with E-state index in [0.29, 0.717) is 5.92 Å². The number of H-pyrrole nitrogens is 1. The Hall–Kier alpha value is -2.80. The van der Waals surface area contributed by atoms with E-state index in [-0.39, 0.29) is 0 Å². The van der Waals surface area contributed by atoms with Crippen LogP contribution in [-0.2, 0) is 0 Å². The van der Waals surface area contributed by atoms with E-state index >= 15 is 0 Å². The zero-order valence-corrected chi connectivity index (χ0v) is 15.8. The lowest BCUT2D eigenvalue weighted by molar-refractivity contribution is 0.986. The summed E-state index contributed by atoms with van der Waals surface area (Å²) < 4.78 is 0. The van der Waals surface area contributed by atoms with Crippen molar-refractivity contribution < 1.29 is 0 Å². The van der Waals surface area contributed by atoms with Gasteiger partial charge in [0, 0.05) is 22.4 Å². The van der Waals surface area contributed by atoms with Gasteiger partial charge in [0.1, 0.15) is 0 Å². The molecule has 1 atom stereocenters. The molecule has 0 saturated carbocycles. The Morgan fingerprint density at radius 2 is 1.69 bits per heavy atom. The van der Waals surface area contributed by atoms with E-state index in [1.165, 1.54) is 66.7 Å². The Morgan fingerprint density at radius 3 is 2.50 bits per heavy atom. The molecule has 0 saturated heterocycles. The number of benzene rings is 2. The lowest BCUT2D eigenvalue weighted by Crippen LogP contribution is -2.02. The van der Waals surface area contributed by atoms with Crippen molar-refractivity contribution in [3.8, 4) is 0 Å². The van der Waals surface area contributed by atoms with E-state index in [2.05, 4.69) is 81.7 Å². The van der Waals surface area contributed by atoms with E-state index in [1.807, 2.05) is 0 Å². The molecule has 1 nitrogen and oxygen atoms in total. The number of nitrogens with one attached hydrogen (secondary N) is 1. The smallest absolute Gasteiger partial charge is 0.0503 e. The minimum absolute atomic E-state index is 0.322. The first-order valence-electron chi connectivity index (χ1n) is 9.28. The van der Waals surface area contributed by atoms with Crippen molar-refractivity contribution >= 4 is 28.1 Å². The maximum Gasteiger partial charge on any atom is 0.0503 e. The SMILES string of the molecule is C=C1C(C)=C(C)c2[nH]c3cc(C)cc(C4C(C)=Cc5ccccc54)c3c21. The van der Waals surface area contributed by atoms with E-state index in [9.17, 15) is 0 Å². The molecule has 0 radical (unpaired) electrons. The van der Waals surface area contributed by atoms with Crippen molar-refractivity contribution in [1.29, 1.82) is 0 Å². The van der Waals surface area contributed by atoms with E-state index in [1.54, 1.807) is 0 Å². The first-order chi connectivity index (χ1) is 12.5. The summed E-state index contributed by atoms with van der Waals surface area (Å²) in [4.78, 5) is 3.69. The molecule has 0 spiro atoms. The molecule has 2 aliphatic rings. The second-order valence-corrected chi connectivity index (χ2v) is 7.83. The van der Waals surface area contributed by atoms with Crippen molar-refractivity contribution in [2.45, 2.75) is 33.6 Å². The van der Waals surface area contributed by atoms with Gasteiger partial charge in [0.25, 0.3) is 0 Å². The van der Waals surface area contributed by atoms with Crippen LogP contribution in [-0.4, -0.2) is 4.98 Å². The van der Waals surface area contributed by atoms with Gasteiger partial charge in [-0.05, 0) is 72.7 Å². The van der Waals surface area contributed by atoms with Crippen LogP contribution in [0.4, 0.5) is 0 Å². The predicted octanol–water partition coefficient (Wildman–Crippen LogP) is 6.85. The number of hydrogen-bond acceptors (Lipinski definition) is 0. The van der Waals surface area contributed by atoms with Gasteiger partial charge in [0.15, 0.2) is 0 Å². The van der Waals surface area contributed by atoms with Crippen LogP contribution in [0.1, 0.15) is 60.2 Å². The summed E-state index contributed by atoms with van der Waals surface area (Å²) in [5.41, 5.74) is 14.5. The third kappa shape index (κ3) is 1.86. The van der Waals surface area contributed by atoms with Gasteiger partial charge in [-0.2, -0.15) is 0 Å². The standard InChI is InChI=1S/C25H23N/c1-13-10-20(22-14(2)12-18-8-6-7-9-19(18)22)24-21(11-13)26-25-17(5)15(3)16(4)23(24)25/h6-12,22,26H,4H2,1-3,5H3. The van der Waals surface area contributed by atoms with E-state index in [0.717, 1.165) is 0 Å². The first kappa shape index (κ1) is 15.5. The summed E-state index contributed by atoms with van der Waals surface area (Å²) >= 11 is 0. The molecule has 1 N–H and O–H groups in total. The summed E-state index contributed by atoms with van der Waals surface area (Å²) in [5, 5.41) is 1.35. The summed E-state index contributed by atoms with van der Waals surface area (Å²) in [6.45, 7) is 13.2. The van der Waals surface area contributed by atoms with Gasteiger partial charge in [-0.3, -0.25) is 0 Å². The normalized spacial score (nSPS) is 18.5. The van der Waals surface area contributed by atoms with Crippen molar-refractivity contribution in [2.75, 3.05) is 0 Å². The highest BCUT2D eigenvalue weighted by Crippen LogP contribution is 2.49. The van der Waals surface area contributed by atoms with Crippen LogP contribution in [0.2, 0.25) is 0 Å². The summed E-state index contributed by atoms with van der Waals surface area (Å²) in [6.07, 6.45) is 2.34. The molecule has 1 heterocycles. The van der Waals surface area contributed by atoms with Crippen molar-refractivity contribution in [1.82, 2.24) is 4.98 Å². The molecule has 1 heteroatoms. The van der Waals surface area contributed by atoms with E-state index < -0.39 is 0 Å². The highest BCUT2D eigenvalue weighted by Gasteiger charge is 2.31. The third-order valence-electron chi connectivity index (χ3n) is 6.22. The Bertz CT molecular complexity index is 1180. The maximum absolute atomic E-state index is 4.41. The second kappa shape index (κ2) is 5.11. The number of allylic oxidation sites excluding steroid dienone is 4. The lowest BCUT2D eigenvalue weighted by atomic mass is 9.84. The Balaban J connectivity index is 1.86. The molecular weight excluding hydrogens is 314 g/mol. The van der Waals surface area contributed by atoms with Gasteiger partial charge in [-0.1, -0.05) is 48.6 Å². The number of fused-ring (bicyclic) bond motifs is 4. The average molecular weight is 337 g/mol. The van der Waals surface area contributed by atoms with Crippen molar-refractivity contribution in [2.24, 2.45) is 0 Å². The van der Waals surface area contributed by atoms with Crippen LogP contribution in [0.3, 0.4) is 0 Å². The maximum atomic E-state index is 4.41. The van der Waals surface area contributed by atoms with Crippen molar-refractivity contribution in [3.05, 3.63) is 87.6 Å². The predicted molar refractivity (Wildman–Crippen MR) is 112 cm³/mol. The number of rotatable bonds is 1. The molecule has 1 aromatic heterocycles. The zero-order chi connectivity index (χ0) is 18.2. The average Bonchev–Trinajstić information content (AvgIpc) is 3.21. The second-order valence-electron chi connectivity index (χ2n) is 7.83. The van der Waals surface area contributed by atoms with Crippen molar-refractivity contribution in [3.63, 3.8) is 0 Å². The van der Waals surface area contributed by atoms with Gasteiger partial charge in [-0.15, -0.1) is 0 Å². The largest absolute Gasteiger partial charge is 0.354 e. The Kier molecular flexibility index (Phi) is 3.04. The van der Waals surface area contributed by atoms with Gasteiger partial charge in [-0.25, -0.2) is 0 Å². The number of aromatic nitrogens is 1. The molecule has 0 bridgehead atoms. The molecule has 128 valence electrons. The fourth-order valence-electron chi connectivity index (χ4n) is 4.82. The van der Waals surface area contributed by atoms with Gasteiger partial charge in [0.05, 0.1) is 5.69 Å². The highest BCUT2D eigenvalue weighted by molar-refractivity contribution is 6.09. The molecule has 0 amide bonds. The topological polar surface area (TPSA) is 15.8 Å². The monoisotopic (exact) mass is 337 g/mol. The molecule has 2 aromatic carbocycles. The summed E-state index contributed by atoms with van der Waals surface area (Å²) in [6, 6.07) is 13.4. The minimum atomic E-state index is 0.322. The van der Waals surface area contributed by atoms with Gasteiger partial charge in [0.2, 0.25) is 0 Å². The number of aryl methyl sites for hydroxylation is 1. The van der Waals surface area contributed by atoms with Crippen LogP contribution in [0.15, 0.2) is 54.1 Å². The molecule has 5 rings (SSSR count). The molecule has 26 heavy (non-hydrogen) atoms. The first-order valence-corrected chi connectivity index (χ1v) is 9.28. The Morgan fingerprint density at radius 1 is 0.923 bits per heavy atom. The van der Waals surface area contributed by atoms with Gasteiger partial charge >= 0.3 is 0 Å². The van der Waals surface area contributed by atoms with Crippen LogP contribution < -0.4 is 0 Å². The number of hydrogen-bond donors (Lipinski definition) is 1. The number of aromatic amines is 1. The fraction of sp³-hybridized carbons (Fsp3) is 0.200. The Labute approximate surface area is 154 Å². The third-order valence-corrected chi connectivity index (χ3v) is 6.22. The lowest BCUT2D eigenvalue weighted by Gasteiger charge is -2.18. The van der Waals surface area contributed by atoms with Crippen LogP contribution in [0.5, 0.6) is 0 Å².